The zero-order chi connectivity index (χ0) is 37.6. The first-order valence-corrected chi connectivity index (χ1v) is 18.5. The van der Waals surface area contributed by atoms with Gasteiger partial charge in [0, 0.05) is 67.6 Å². The zero-order valence-corrected chi connectivity index (χ0v) is 30.3. The summed E-state index contributed by atoms with van der Waals surface area (Å²) in [4.78, 5) is 74.4. The fourth-order valence-corrected chi connectivity index (χ4v) is 6.87. The maximum Gasteiger partial charge on any atom is 0.286 e. The average Bonchev–Trinajstić information content (AvgIpc) is 4.00. The van der Waals surface area contributed by atoms with Crippen LogP contribution in [0.2, 0.25) is 0 Å². The normalized spacial score (nSPS) is 13.5. The first-order chi connectivity index (χ1) is 26.2. The molecule has 0 unspecified atom stereocenters. The molecule has 1 saturated heterocycles. The third-order valence-corrected chi connectivity index (χ3v) is 9.93. The predicted octanol–water partition coefficient (Wildman–Crippen LogP) is 2.75. The molecule has 6 N–H and O–H groups in total. The number of imidazole rings is 2. The van der Waals surface area contributed by atoms with Gasteiger partial charge in [0.15, 0.2) is 15.7 Å². The van der Waals surface area contributed by atoms with E-state index < -0.39 is 23.6 Å². The van der Waals surface area contributed by atoms with Crippen molar-refractivity contribution in [2.75, 3.05) is 50.1 Å². The summed E-state index contributed by atoms with van der Waals surface area (Å²) in [5.74, 6) is -1.48. The molecule has 0 saturated carbocycles. The number of ether oxygens (including phenoxy) is 2. The third-order valence-electron chi connectivity index (χ3n) is 8.39. The molecule has 0 bridgehead atoms. The molecule has 278 valence electrons. The number of fused-ring (bicyclic) bond motifs is 2. The molecule has 6 aromatic rings. The fourth-order valence-electron chi connectivity index (χ4n) is 5.81. The van der Waals surface area contributed by atoms with E-state index in [0.29, 0.717) is 47.8 Å². The van der Waals surface area contributed by atoms with Gasteiger partial charge in [-0.1, -0.05) is 12.2 Å². The SMILES string of the molecule is NC(=O)c1cnc2c(c1)nc(NC(=O)c1nccs1)n2C/C=C/Cn1c(NC(=O)c2nccs2)nc2cc(C(N)=O)cc(OCCCN3CCOCC3)c21. The summed E-state index contributed by atoms with van der Waals surface area (Å²) in [7, 11) is 0. The highest BCUT2D eigenvalue weighted by molar-refractivity contribution is 7.12. The molecule has 18 nitrogen and oxygen atoms in total. The Morgan fingerprint density at radius 3 is 2.06 bits per heavy atom. The standard InChI is InChI=1S/C34H34N12O6S2/c35-26(47)20-16-22-25(24(18-20)52-11-3-6-44-9-12-51-13-10-44)45(33(40-22)42-29(49)31-37-4-14-53-31)7-1-2-8-46-28-23(17-21(19-39-28)27(36)48)41-34(46)43-30(50)32-38-5-15-54-32/h1-2,4-5,14-19H,3,6-13H2,(H2,35,47)(H2,36,48)(H,40,42,49)(H,41,43,50)/b2-1+. The van der Waals surface area contributed by atoms with Crippen molar-refractivity contribution in [2.45, 2.75) is 19.5 Å². The Bertz CT molecular complexity index is 2350. The topological polar surface area (TPSA) is 240 Å². The Hall–Kier alpha value is -6.09. The lowest BCUT2D eigenvalue weighted by molar-refractivity contribution is 0.0358. The molecule has 0 aliphatic carbocycles. The largest absolute Gasteiger partial charge is 0.491 e. The maximum absolute atomic E-state index is 13.2. The van der Waals surface area contributed by atoms with E-state index in [9.17, 15) is 19.2 Å². The van der Waals surface area contributed by atoms with Crippen molar-refractivity contribution >= 4 is 80.4 Å². The van der Waals surface area contributed by atoms with E-state index in [1.807, 2.05) is 12.2 Å². The predicted molar refractivity (Wildman–Crippen MR) is 201 cm³/mol. The van der Waals surface area contributed by atoms with Crippen LogP contribution >= 0.6 is 22.7 Å². The second-order valence-electron chi connectivity index (χ2n) is 11.9. The first kappa shape index (κ1) is 36.3. The number of allylic oxidation sites excluding steroid dienone is 2. The number of benzene rings is 1. The highest BCUT2D eigenvalue weighted by atomic mass is 32.1. The lowest BCUT2D eigenvalue weighted by Gasteiger charge is -2.26. The number of primary amides is 2. The van der Waals surface area contributed by atoms with Crippen LogP contribution in [0.25, 0.3) is 22.2 Å². The number of hydrogen-bond donors (Lipinski definition) is 4. The molecule has 0 radical (unpaired) electrons. The van der Waals surface area contributed by atoms with Crippen LogP contribution in [0.1, 0.15) is 46.7 Å². The summed E-state index contributed by atoms with van der Waals surface area (Å²) < 4.78 is 15.2. The van der Waals surface area contributed by atoms with E-state index in [2.05, 4.69) is 40.5 Å². The highest BCUT2D eigenvalue weighted by Gasteiger charge is 2.22. The minimum absolute atomic E-state index is 0.165. The summed E-state index contributed by atoms with van der Waals surface area (Å²) in [6.07, 6.45) is 8.78. The molecule has 7 rings (SSSR count). The number of nitrogens with zero attached hydrogens (tertiary/aromatic N) is 8. The van der Waals surface area contributed by atoms with E-state index in [1.165, 1.54) is 47.3 Å². The van der Waals surface area contributed by atoms with E-state index >= 15 is 0 Å². The number of carbonyl (C=O) groups is 4. The smallest absolute Gasteiger partial charge is 0.286 e. The molecule has 6 heterocycles. The highest BCUT2D eigenvalue weighted by Crippen LogP contribution is 2.32. The second-order valence-corrected chi connectivity index (χ2v) is 13.7. The number of pyridine rings is 1. The number of nitrogens with one attached hydrogen (secondary N) is 2. The number of anilines is 2. The molecule has 54 heavy (non-hydrogen) atoms. The van der Waals surface area contributed by atoms with Gasteiger partial charge in [-0.05, 0) is 24.6 Å². The van der Waals surface area contributed by atoms with Crippen LogP contribution in [0, 0.1) is 0 Å². The van der Waals surface area contributed by atoms with Gasteiger partial charge in [-0.3, -0.25) is 39.3 Å². The monoisotopic (exact) mass is 770 g/mol. The number of nitrogens with two attached hydrogens (primary N) is 2. The lowest BCUT2D eigenvalue weighted by Crippen LogP contribution is -2.37. The van der Waals surface area contributed by atoms with Gasteiger partial charge in [0.25, 0.3) is 11.8 Å². The van der Waals surface area contributed by atoms with E-state index in [0.717, 1.165) is 26.1 Å². The van der Waals surface area contributed by atoms with Gasteiger partial charge in [0.05, 0.1) is 30.9 Å². The minimum Gasteiger partial charge on any atom is -0.491 e. The van der Waals surface area contributed by atoms with Gasteiger partial charge in [0.1, 0.15) is 16.8 Å². The number of amides is 4. The number of hydrogen-bond acceptors (Lipinski definition) is 14. The number of rotatable bonds is 15. The van der Waals surface area contributed by atoms with Gasteiger partial charge < -0.3 is 25.5 Å². The van der Waals surface area contributed by atoms with Crippen LogP contribution in [0.5, 0.6) is 5.75 Å². The Balaban J connectivity index is 1.19. The number of carbonyl (C=O) groups excluding carboxylic acids is 4. The molecule has 1 aliphatic heterocycles. The zero-order valence-electron chi connectivity index (χ0n) is 28.6. The molecule has 1 aromatic carbocycles. The molecular formula is C34H34N12O6S2. The molecule has 1 aliphatic rings. The molecule has 1 fully saturated rings. The molecule has 0 atom stereocenters. The van der Waals surface area contributed by atoms with Crippen LogP contribution < -0.4 is 26.8 Å². The number of morpholine rings is 1. The van der Waals surface area contributed by atoms with Crippen molar-refractivity contribution < 1.29 is 28.7 Å². The van der Waals surface area contributed by atoms with E-state index in [-0.39, 0.29) is 46.1 Å². The summed E-state index contributed by atoms with van der Waals surface area (Å²) in [6.45, 7) is 4.63. The van der Waals surface area contributed by atoms with Crippen molar-refractivity contribution in [3.63, 3.8) is 0 Å². The van der Waals surface area contributed by atoms with Gasteiger partial charge in [-0.2, -0.15) is 0 Å². The van der Waals surface area contributed by atoms with Crippen molar-refractivity contribution in [3.05, 3.63) is 80.8 Å². The van der Waals surface area contributed by atoms with Crippen molar-refractivity contribution in [1.29, 1.82) is 0 Å². The molecule has 4 amide bonds. The third kappa shape index (κ3) is 8.10. The van der Waals surface area contributed by atoms with Crippen molar-refractivity contribution in [1.82, 2.24) is 39.0 Å². The molecule has 20 heteroatoms. The van der Waals surface area contributed by atoms with E-state index in [1.54, 1.807) is 32.0 Å². The Kier molecular flexibility index (Phi) is 10.9. The Labute approximate surface area is 314 Å². The Morgan fingerprint density at radius 1 is 0.815 bits per heavy atom. The van der Waals surface area contributed by atoms with Crippen molar-refractivity contribution in [2.24, 2.45) is 11.5 Å². The fraction of sp³-hybridized carbons (Fsp3) is 0.265. The van der Waals surface area contributed by atoms with Crippen molar-refractivity contribution in [3.8, 4) is 5.75 Å². The Morgan fingerprint density at radius 2 is 1.43 bits per heavy atom. The number of aromatic nitrogens is 7. The maximum atomic E-state index is 13.2. The summed E-state index contributed by atoms with van der Waals surface area (Å²) in [5.41, 5.74) is 13.2. The first-order valence-electron chi connectivity index (χ1n) is 16.7. The van der Waals surface area contributed by atoms with Gasteiger partial charge in [0.2, 0.25) is 23.7 Å². The van der Waals surface area contributed by atoms with Gasteiger partial charge >= 0.3 is 0 Å². The molecule has 0 spiro atoms. The van der Waals surface area contributed by atoms with Gasteiger partial charge in [-0.15, -0.1) is 22.7 Å². The molecular weight excluding hydrogens is 737 g/mol. The van der Waals surface area contributed by atoms with Crippen LogP contribution in [-0.4, -0.2) is 102 Å². The summed E-state index contributed by atoms with van der Waals surface area (Å²) in [5, 5.41) is 9.49. The van der Waals surface area contributed by atoms with Crippen LogP contribution in [0.15, 0.2) is 59.7 Å². The van der Waals surface area contributed by atoms with Crippen LogP contribution in [-0.2, 0) is 17.8 Å². The second kappa shape index (κ2) is 16.3. The lowest BCUT2D eigenvalue weighted by atomic mass is 10.1. The summed E-state index contributed by atoms with van der Waals surface area (Å²) in [6, 6.07) is 4.63. The van der Waals surface area contributed by atoms with Gasteiger partial charge in [-0.25, -0.2) is 24.9 Å². The van der Waals surface area contributed by atoms with Crippen LogP contribution in [0.4, 0.5) is 11.9 Å². The average molecular weight is 771 g/mol. The van der Waals surface area contributed by atoms with Crippen LogP contribution in [0.3, 0.4) is 0 Å². The minimum atomic E-state index is -0.666. The van der Waals surface area contributed by atoms with E-state index in [4.69, 9.17) is 20.9 Å². The quantitative estimate of drug-likeness (QED) is 0.0871. The number of thiazole rings is 2. The summed E-state index contributed by atoms with van der Waals surface area (Å²) >= 11 is 2.36. The molecule has 5 aromatic heterocycles.